The van der Waals surface area contributed by atoms with Crippen LogP contribution in [0.3, 0.4) is 0 Å². The molecule has 0 bridgehead atoms. The van der Waals surface area contributed by atoms with Crippen LogP contribution in [0.5, 0.6) is 0 Å². The van der Waals surface area contributed by atoms with E-state index in [1.54, 1.807) is 30.3 Å². The molecular formula is C21H21FN2O5. The highest BCUT2D eigenvalue weighted by molar-refractivity contribution is 5.89. The Bertz CT molecular complexity index is 937. The van der Waals surface area contributed by atoms with Gasteiger partial charge in [-0.05, 0) is 43.2 Å². The summed E-state index contributed by atoms with van der Waals surface area (Å²) in [5, 5.41) is 0. The minimum Gasteiger partial charge on any atom is -0.457 e. The van der Waals surface area contributed by atoms with Crippen molar-refractivity contribution in [1.29, 1.82) is 0 Å². The van der Waals surface area contributed by atoms with Gasteiger partial charge in [0.25, 0.3) is 5.91 Å². The predicted octanol–water partition coefficient (Wildman–Crippen LogP) is 2.37. The minimum absolute atomic E-state index is 0.243. The largest absolute Gasteiger partial charge is 0.457 e. The number of amides is 2. The first-order valence-corrected chi connectivity index (χ1v) is 9.20. The number of nitrogens with zero attached hydrogens (tertiary/aromatic N) is 1. The van der Waals surface area contributed by atoms with Gasteiger partial charge in [-0.25, -0.2) is 9.18 Å². The summed E-state index contributed by atoms with van der Waals surface area (Å²) < 4.78 is 24.2. The van der Waals surface area contributed by atoms with E-state index < -0.39 is 24.3 Å². The third-order valence-electron chi connectivity index (χ3n) is 4.66. The molecule has 1 atom stereocenters. The summed E-state index contributed by atoms with van der Waals surface area (Å²) >= 11 is 0. The first kappa shape index (κ1) is 20.3. The van der Waals surface area contributed by atoms with Gasteiger partial charge in [0.05, 0.1) is 11.5 Å². The fourth-order valence-electron chi connectivity index (χ4n) is 3.11. The fourth-order valence-corrected chi connectivity index (χ4v) is 3.11. The molecule has 29 heavy (non-hydrogen) atoms. The highest BCUT2D eigenvalue weighted by Crippen LogP contribution is 2.25. The van der Waals surface area contributed by atoms with Gasteiger partial charge in [-0.1, -0.05) is 12.1 Å². The third kappa shape index (κ3) is 5.31. The number of hydrogen-bond acceptors (Lipinski definition) is 5. The molecule has 152 valence electrons. The van der Waals surface area contributed by atoms with Gasteiger partial charge in [0.15, 0.2) is 6.61 Å². The van der Waals surface area contributed by atoms with Crippen LogP contribution < -0.4 is 5.73 Å². The molecule has 3 rings (SSSR count). The summed E-state index contributed by atoms with van der Waals surface area (Å²) in [6.07, 6.45) is 3.83. The maximum atomic E-state index is 13.8. The number of benzene rings is 1. The molecule has 1 aromatic heterocycles. The number of nitrogens with two attached hydrogens (primary N) is 1. The monoisotopic (exact) mass is 400 g/mol. The van der Waals surface area contributed by atoms with Gasteiger partial charge in [-0.3, -0.25) is 9.59 Å². The Hall–Kier alpha value is -3.42. The molecule has 1 fully saturated rings. The fraction of sp³-hybridized carbons (Fsp3) is 0.286. The molecule has 1 aromatic carbocycles. The van der Waals surface area contributed by atoms with E-state index in [0.29, 0.717) is 36.5 Å². The SMILES string of the molecule is NC(=O)[C@@H]1CCCN(C(=O)COC(=O)/C=C/c2ccc(-c3ccccc3F)o2)C1. The summed E-state index contributed by atoms with van der Waals surface area (Å²) in [7, 11) is 0. The Balaban J connectivity index is 1.51. The van der Waals surface area contributed by atoms with Crippen LogP contribution in [0.2, 0.25) is 0 Å². The number of likely N-dealkylation sites (tertiary alicyclic amines) is 1. The van der Waals surface area contributed by atoms with Crippen LogP contribution in [0.15, 0.2) is 46.9 Å². The Labute approximate surface area is 166 Å². The van der Waals surface area contributed by atoms with E-state index in [9.17, 15) is 18.8 Å². The number of carbonyl (C=O) groups is 3. The van der Waals surface area contributed by atoms with Crippen molar-refractivity contribution >= 4 is 23.9 Å². The van der Waals surface area contributed by atoms with Gasteiger partial charge in [-0.15, -0.1) is 0 Å². The predicted molar refractivity (Wildman–Crippen MR) is 103 cm³/mol. The zero-order valence-corrected chi connectivity index (χ0v) is 15.7. The van der Waals surface area contributed by atoms with Crippen LogP contribution >= 0.6 is 0 Å². The number of hydrogen-bond donors (Lipinski definition) is 1. The van der Waals surface area contributed by atoms with Crippen molar-refractivity contribution < 1.29 is 27.9 Å². The number of primary amides is 1. The molecular weight excluding hydrogens is 379 g/mol. The van der Waals surface area contributed by atoms with E-state index in [4.69, 9.17) is 14.9 Å². The van der Waals surface area contributed by atoms with Gasteiger partial charge >= 0.3 is 5.97 Å². The number of esters is 1. The van der Waals surface area contributed by atoms with Crippen molar-refractivity contribution in [2.45, 2.75) is 12.8 Å². The number of carbonyl (C=O) groups excluding carboxylic acids is 3. The van der Waals surface area contributed by atoms with Crippen molar-refractivity contribution in [1.82, 2.24) is 4.90 Å². The lowest BCUT2D eigenvalue weighted by molar-refractivity contribution is -0.149. The third-order valence-corrected chi connectivity index (χ3v) is 4.66. The first-order valence-electron chi connectivity index (χ1n) is 9.20. The van der Waals surface area contributed by atoms with Gasteiger partial charge in [0.1, 0.15) is 17.3 Å². The zero-order valence-electron chi connectivity index (χ0n) is 15.7. The van der Waals surface area contributed by atoms with Gasteiger partial charge in [-0.2, -0.15) is 0 Å². The van der Waals surface area contributed by atoms with Crippen LogP contribution in [-0.4, -0.2) is 42.4 Å². The Morgan fingerprint density at radius 3 is 2.79 bits per heavy atom. The average molecular weight is 400 g/mol. The van der Waals surface area contributed by atoms with E-state index >= 15 is 0 Å². The molecule has 2 N–H and O–H groups in total. The topological polar surface area (TPSA) is 103 Å². The van der Waals surface area contributed by atoms with E-state index in [2.05, 4.69) is 0 Å². The first-order chi connectivity index (χ1) is 13.9. The molecule has 1 aliphatic rings. The molecule has 1 saturated heterocycles. The van der Waals surface area contributed by atoms with Crippen molar-refractivity contribution in [2.75, 3.05) is 19.7 Å². The molecule has 0 radical (unpaired) electrons. The molecule has 0 spiro atoms. The average Bonchev–Trinajstić information content (AvgIpc) is 3.19. The van der Waals surface area contributed by atoms with Crippen LogP contribution in [0, 0.1) is 11.7 Å². The molecule has 0 saturated carbocycles. The summed E-state index contributed by atoms with van der Waals surface area (Å²) in [6, 6.07) is 9.38. The Kier molecular flexibility index (Phi) is 6.43. The number of rotatable bonds is 6. The van der Waals surface area contributed by atoms with Gasteiger partial charge in [0, 0.05) is 19.2 Å². The summed E-state index contributed by atoms with van der Waals surface area (Å²) in [5.41, 5.74) is 5.61. The standard InChI is InChI=1S/C21H21FN2O5/c22-17-6-2-1-5-16(17)18-9-7-15(29-18)8-10-20(26)28-13-19(25)24-11-3-4-14(12-24)21(23)27/h1-2,5-10,14H,3-4,11-13H2,(H2,23,27)/b10-8+/t14-/m1/s1. The van der Waals surface area contributed by atoms with E-state index in [0.717, 1.165) is 6.08 Å². The van der Waals surface area contributed by atoms with Gasteiger partial charge in [0.2, 0.25) is 5.91 Å². The lowest BCUT2D eigenvalue weighted by Crippen LogP contribution is -2.45. The second-order valence-electron chi connectivity index (χ2n) is 6.70. The number of ether oxygens (including phenoxy) is 1. The minimum atomic E-state index is -0.717. The zero-order chi connectivity index (χ0) is 20.8. The highest BCUT2D eigenvalue weighted by Gasteiger charge is 2.27. The second-order valence-corrected chi connectivity index (χ2v) is 6.70. The van der Waals surface area contributed by atoms with E-state index in [1.807, 2.05) is 0 Å². The summed E-state index contributed by atoms with van der Waals surface area (Å²) in [5.74, 6) is -1.64. The molecule has 7 nitrogen and oxygen atoms in total. The van der Waals surface area contributed by atoms with Crippen LogP contribution in [0.4, 0.5) is 4.39 Å². The quantitative estimate of drug-likeness (QED) is 0.592. The summed E-state index contributed by atoms with van der Waals surface area (Å²) in [6.45, 7) is 0.321. The number of furan rings is 1. The maximum absolute atomic E-state index is 13.8. The lowest BCUT2D eigenvalue weighted by atomic mass is 9.97. The lowest BCUT2D eigenvalue weighted by Gasteiger charge is -2.30. The molecule has 0 unspecified atom stereocenters. The van der Waals surface area contributed by atoms with Crippen LogP contribution in [0.1, 0.15) is 18.6 Å². The highest BCUT2D eigenvalue weighted by atomic mass is 19.1. The molecule has 2 amide bonds. The Morgan fingerprint density at radius 2 is 2.03 bits per heavy atom. The summed E-state index contributed by atoms with van der Waals surface area (Å²) in [4.78, 5) is 36.8. The molecule has 1 aliphatic heterocycles. The normalized spacial score (nSPS) is 16.7. The van der Waals surface area contributed by atoms with Gasteiger partial charge < -0.3 is 19.8 Å². The second kappa shape index (κ2) is 9.18. The molecule has 2 heterocycles. The van der Waals surface area contributed by atoms with Crippen molar-refractivity contribution in [3.63, 3.8) is 0 Å². The van der Waals surface area contributed by atoms with Crippen molar-refractivity contribution in [3.05, 3.63) is 54.1 Å². The van der Waals surface area contributed by atoms with Crippen LogP contribution in [0.25, 0.3) is 17.4 Å². The van der Waals surface area contributed by atoms with E-state index in [-0.39, 0.29) is 18.4 Å². The molecule has 8 heteroatoms. The van der Waals surface area contributed by atoms with Crippen LogP contribution in [-0.2, 0) is 19.1 Å². The maximum Gasteiger partial charge on any atom is 0.331 e. The van der Waals surface area contributed by atoms with Crippen molar-refractivity contribution in [3.8, 4) is 11.3 Å². The van der Waals surface area contributed by atoms with Crippen molar-refractivity contribution in [2.24, 2.45) is 11.7 Å². The number of halogens is 1. The Morgan fingerprint density at radius 1 is 1.24 bits per heavy atom. The molecule has 2 aromatic rings. The molecule has 0 aliphatic carbocycles. The number of piperidine rings is 1. The van der Waals surface area contributed by atoms with E-state index in [1.165, 1.54) is 17.0 Å². The smallest absolute Gasteiger partial charge is 0.331 e.